The Labute approximate surface area is 131 Å². The molecular formula is C19H21NO2. The number of hydrogen-bond donors (Lipinski definition) is 0. The van der Waals surface area contributed by atoms with E-state index in [4.69, 9.17) is 4.74 Å². The number of carbonyl (C=O) groups excluding carboxylic acids is 1. The number of benzene rings is 2. The molecule has 0 aromatic heterocycles. The molecule has 0 saturated carbocycles. The lowest BCUT2D eigenvalue weighted by atomic mass is 9.94. The average Bonchev–Trinajstić information content (AvgIpc) is 3.00. The maximum atomic E-state index is 12.3. The van der Waals surface area contributed by atoms with Gasteiger partial charge in [-0.2, -0.15) is 0 Å². The van der Waals surface area contributed by atoms with Crippen molar-refractivity contribution in [3.05, 3.63) is 71.8 Å². The van der Waals surface area contributed by atoms with E-state index in [9.17, 15) is 4.79 Å². The number of ether oxygens (including phenoxy) is 1. The zero-order chi connectivity index (χ0) is 15.4. The Balaban J connectivity index is 2.02. The number of likely N-dealkylation sites (tertiary alicyclic amines) is 1. The van der Waals surface area contributed by atoms with Gasteiger partial charge in [-0.25, -0.2) is 0 Å². The van der Waals surface area contributed by atoms with Crippen molar-refractivity contribution in [3.8, 4) is 0 Å². The van der Waals surface area contributed by atoms with Gasteiger partial charge >= 0.3 is 0 Å². The maximum absolute atomic E-state index is 12.3. The minimum absolute atomic E-state index is 0.0800. The number of nitrogens with zero attached hydrogens (tertiary/aromatic N) is 1. The van der Waals surface area contributed by atoms with Crippen molar-refractivity contribution < 1.29 is 9.53 Å². The van der Waals surface area contributed by atoms with Crippen molar-refractivity contribution in [3.63, 3.8) is 0 Å². The summed E-state index contributed by atoms with van der Waals surface area (Å²) in [5, 5.41) is 0. The zero-order valence-corrected chi connectivity index (χ0v) is 12.8. The Kier molecular flexibility index (Phi) is 4.54. The highest BCUT2D eigenvalue weighted by atomic mass is 16.5. The highest BCUT2D eigenvalue weighted by Gasteiger charge is 2.35. The first-order chi connectivity index (χ1) is 10.8. The monoisotopic (exact) mass is 295 g/mol. The molecule has 0 unspecified atom stereocenters. The summed E-state index contributed by atoms with van der Waals surface area (Å²) in [5.41, 5.74) is 2.21. The van der Waals surface area contributed by atoms with Gasteiger partial charge in [-0.1, -0.05) is 60.7 Å². The molecular weight excluding hydrogens is 274 g/mol. The van der Waals surface area contributed by atoms with Crippen molar-refractivity contribution in [2.75, 3.05) is 13.7 Å². The third-order valence-corrected chi connectivity index (χ3v) is 4.26. The van der Waals surface area contributed by atoms with Crippen LogP contribution in [0.1, 0.15) is 36.1 Å². The third kappa shape index (κ3) is 2.90. The number of hydrogen-bond acceptors (Lipinski definition) is 2. The molecule has 22 heavy (non-hydrogen) atoms. The lowest BCUT2D eigenvalue weighted by Gasteiger charge is -2.34. The number of methoxy groups -OCH3 is 1. The largest absolute Gasteiger partial charge is 0.374 e. The summed E-state index contributed by atoms with van der Waals surface area (Å²) < 4.78 is 5.82. The molecule has 0 N–H and O–H groups in total. The molecule has 1 aliphatic heterocycles. The fourth-order valence-electron chi connectivity index (χ4n) is 3.22. The minimum atomic E-state index is -0.161. The van der Waals surface area contributed by atoms with E-state index in [-0.39, 0.29) is 18.1 Å². The van der Waals surface area contributed by atoms with Gasteiger partial charge in [0.1, 0.15) is 6.10 Å². The molecule has 3 rings (SSSR count). The van der Waals surface area contributed by atoms with E-state index in [0.29, 0.717) is 6.42 Å². The summed E-state index contributed by atoms with van der Waals surface area (Å²) in [6.45, 7) is 0.797. The Morgan fingerprint density at radius 1 is 0.955 bits per heavy atom. The lowest BCUT2D eigenvalue weighted by molar-refractivity contribution is -0.133. The molecule has 0 radical (unpaired) electrons. The first-order valence-corrected chi connectivity index (χ1v) is 7.73. The molecule has 2 aromatic carbocycles. The maximum Gasteiger partial charge on any atom is 0.223 e. The summed E-state index contributed by atoms with van der Waals surface area (Å²) in [7, 11) is 1.72. The zero-order valence-electron chi connectivity index (χ0n) is 12.8. The van der Waals surface area contributed by atoms with Crippen LogP contribution in [0, 0.1) is 0 Å². The molecule has 1 fully saturated rings. The van der Waals surface area contributed by atoms with Crippen molar-refractivity contribution >= 4 is 5.91 Å². The second kappa shape index (κ2) is 6.75. The molecule has 1 aliphatic rings. The molecule has 0 bridgehead atoms. The molecule has 1 amide bonds. The SMILES string of the molecule is CO[C@@H](c1ccccc1)[C@H](c1ccccc1)N1CCCC1=O. The van der Waals surface area contributed by atoms with Crippen LogP contribution in [0.5, 0.6) is 0 Å². The van der Waals surface area contributed by atoms with Crippen LogP contribution < -0.4 is 0 Å². The number of rotatable bonds is 5. The van der Waals surface area contributed by atoms with Gasteiger partial charge in [0, 0.05) is 20.1 Å². The standard InChI is InChI=1S/C19H21NO2/c1-22-19(16-11-6-3-7-12-16)18(15-9-4-2-5-10-15)20-14-8-13-17(20)21/h2-7,9-12,18-19H,8,13-14H2,1H3/t18-,19-/m0/s1. The van der Waals surface area contributed by atoms with Crippen molar-refractivity contribution in [1.82, 2.24) is 4.90 Å². The van der Waals surface area contributed by atoms with Crippen LogP contribution >= 0.6 is 0 Å². The molecule has 3 heteroatoms. The number of carbonyl (C=O) groups is 1. The van der Waals surface area contributed by atoms with Crippen molar-refractivity contribution in [2.24, 2.45) is 0 Å². The van der Waals surface area contributed by atoms with Crippen molar-refractivity contribution in [1.29, 1.82) is 0 Å². The topological polar surface area (TPSA) is 29.5 Å². The Bertz CT molecular complexity index is 612. The van der Waals surface area contributed by atoms with Gasteiger partial charge in [0.25, 0.3) is 0 Å². The van der Waals surface area contributed by atoms with E-state index < -0.39 is 0 Å². The minimum Gasteiger partial charge on any atom is -0.374 e. The molecule has 3 nitrogen and oxygen atoms in total. The third-order valence-electron chi connectivity index (χ3n) is 4.26. The van der Waals surface area contributed by atoms with E-state index in [0.717, 1.165) is 24.1 Å². The van der Waals surface area contributed by atoms with Crippen molar-refractivity contribution in [2.45, 2.75) is 25.0 Å². The van der Waals surface area contributed by atoms with Gasteiger partial charge in [-0.3, -0.25) is 4.79 Å². The lowest BCUT2D eigenvalue weighted by Crippen LogP contribution is -2.34. The quantitative estimate of drug-likeness (QED) is 0.841. The van der Waals surface area contributed by atoms with E-state index in [1.165, 1.54) is 0 Å². The summed E-state index contributed by atoms with van der Waals surface area (Å²) >= 11 is 0. The van der Waals surface area contributed by atoms with E-state index in [1.54, 1.807) is 7.11 Å². The van der Waals surface area contributed by atoms with Gasteiger partial charge in [0.05, 0.1) is 6.04 Å². The first kappa shape index (κ1) is 14.8. The molecule has 2 aromatic rings. The highest BCUT2D eigenvalue weighted by Crippen LogP contribution is 2.38. The predicted octanol–water partition coefficient (Wildman–Crippen LogP) is 3.74. The summed E-state index contributed by atoms with van der Waals surface area (Å²) in [4.78, 5) is 14.3. The number of amides is 1. The Morgan fingerprint density at radius 3 is 2.05 bits per heavy atom. The second-order valence-corrected chi connectivity index (χ2v) is 5.61. The average molecular weight is 295 g/mol. The van der Waals surface area contributed by atoms with Crippen LogP contribution in [0.2, 0.25) is 0 Å². The molecule has 114 valence electrons. The summed E-state index contributed by atoms with van der Waals surface area (Å²) in [5.74, 6) is 0.215. The van der Waals surface area contributed by atoms with E-state index in [1.807, 2.05) is 41.3 Å². The van der Waals surface area contributed by atoms with Gasteiger partial charge in [-0.15, -0.1) is 0 Å². The van der Waals surface area contributed by atoms with Crippen LogP contribution in [0.25, 0.3) is 0 Å². The fraction of sp³-hybridized carbons (Fsp3) is 0.316. The first-order valence-electron chi connectivity index (χ1n) is 7.73. The summed E-state index contributed by atoms with van der Waals surface area (Å²) in [6.07, 6.45) is 1.40. The highest BCUT2D eigenvalue weighted by molar-refractivity contribution is 5.78. The predicted molar refractivity (Wildman–Crippen MR) is 86.3 cm³/mol. The van der Waals surface area contributed by atoms with Gasteiger partial charge in [0.2, 0.25) is 5.91 Å². The van der Waals surface area contributed by atoms with Crippen LogP contribution in [0.4, 0.5) is 0 Å². The molecule has 2 atom stereocenters. The molecule has 1 heterocycles. The van der Waals surface area contributed by atoms with Gasteiger partial charge < -0.3 is 9.64 Å². The van der Waals surface area contributed by atoms with E-state index >= 15 is 0 Å². The molecule has 1 saturated heterocycles. The van der Waals surface area contributed by atoms with Gasteiger partial charge in [-0.05, 0) is 17.5 Å². The van der Waals surface area contributed by atoms with Crippen LogP contribution in [-0.2, 0) is 9.53 Å². The second-order valence-electron chi connectivity index (χ2n) is 5.61. The van der Waals surface area contributed by atoms with Crippen LogP contribution in [0.15, 0.2) is 60.7 Å². The molecule has 0 aliphatic carbocycles. The van der Waals surface area contributed by atoms with E-state index in [2.05, 4.69) is 24.3 Å². The van der Waals surface area contributed by atoms with Crippen LogP contribution in [0.3, 0.4) is 0 Å². The Morgan fingerprint density at radius 2 is 1.55 bits per heavy atom. The Hall–Kier alpha value is -2.13. The fourth-order valence-corrected chi connectivity index (χ4v) is 3.22. The van der Waals surface area contributed by atoms with Gasteiger partial charge in [0.15, 0.2) is 0 Å². The smallest absolute Gasteiger partial charge is 0.223 e. The molecule has 0 spiro atoms. The van der Waals surface area contributed by atoms with Crippen LogP contribution in [-0.4, -0.2) is 24.5 Å². The summed E-state index contributed by atoms with van der Waals surface area (Å²) in [6, 6.07) is 20.2. The normalized spacial score (nSPS) is 17.5.